The van der Waals surface area contributed by atoms with Gasteiger partial charge in [-0.2, -0.15) is 0 Å². The molecule has 5 nitrogen and oxygen atoms in total. The molecule has 0 amide bonds. The average molecular weight is 267 g/mol. The number of rotatable bonds is 2. The molecule has 5 heteroatoms. The van der Waals surface area contributed by atoms with Crippen LogP contribution in [-0.2, 0) is 0 Å². The van der Waals surface area contributed by atoms with Crippen molar-refractivity contribution < 1.29 is 14.8 Å². The minimum Gasteiger partial charge on any atom is -0.478 e. The van der Waals surface area contributed by atoms with Crippen molar-refractivity contribution in [3.8, 4) is 0 Å². The smallest absolute Gasteiger partial charge is 0.336 e. The Bertz CT molecular complexity index is 741. The SMILES string of the molecule is O=C(O)c1c2ccccc2c([N+](=O)[O-])c2ccccc12. The van der Waals surface area contributed by atoms with E-state index in [1.165, 1.54) is 0 Å². The van der Waals surface area contributed by atoms with Crippen molar-refractivity contribution in [2.45, 2.75) is 0 Å². The first-order chi connectivity index (χ1) is 9.61. The number of aromatic carboxylic acids is 1. The Morgan fingerprint density at radius 3 is 1.65 bits per heavy atom. The second-order valence-electron chi connectivity index (χ2n) is 4.38. The van der Waals surface area contributed by atoms with Crippen molar-refractivity contribution in [2.24, 2.45) is 0 Å². The number of nitro benzene ring substituents is 1. The third kappa shape index (κ3) is 1.60. The molecule has 0 spiro atoms. The number of benzene rings is 3. The van der Waals surface area contributed by atoms with Crippen LogP contribution in [0.25, 0.3) is 21.5 Å². The Morgan fingerprint density at radius 2 is 1.30 bits per heavy atom. The maximum Gasteiger partial charge on any atom is 0.336 e. The second kappa shape index (κ2) is 4.31. The third-order valence-electron chi connectivity index (χ3n) is 3.30. The zero-order valence-corrected chi connectivity index (χ0v) is 10.2. The molecule has 1 N–H and O–H groups in total. The van der Waals surface area contributed by atoms with Crippen LogP contribution in [0, 0.1) is 10.1 Å². The van der Waals surface area contributed by atoms with E-state index in [-0.39, 0.29) is 11.3 Å². The van der Waals surface area contributed by atoms with Crippen LogP contribution in [-0.4, -0.2) is 16.0 Å². The van der Waals surface area contributed by atoms with E-state index in [0.29, 0.717) is 21.5 Å². The third-order valence-corrected chi connectivity index (χ3v) is 3.30. The molecule has 0 aromatic heterocycles. The molecule has 0 fully saturated rings. The molecule has 0 atom stereocenters. The van der Waals surface area contributed by atoms with Gasteiger partial charge in [-0.15, -0.1) is 0 Å². The number of non-ortho nitro benzene ring substituents is 1. The first-order valence-electron chi connectivity index (χ1n) is 5.92. The fraction of sp³-hybridized carbons (Fsp3) is 0. The molecule has 0 aliphatic rings. The fourth-order valence-corrected chi connectivity index (χ4v) is 2.53. The molecule has 0 unspecified atom stereocenters. The van der Waals surface area contributed by atoms with E-state index in [2.05, 4.69) is 0 Å². The van der Waals surface area contributed by atoms with Gasteiger partial charge in [0.1, 0.15) is 0 Å². The topological polar surface area (TPSA) is 80.4 Å². The largest absolute Gasteiger partial charge is 0.478 e. The molecule has 3 aromatic rings. The molecule has 0 saturated carbocycles. The van der Waals surface area contributed by atoms with Crippen LogP contribution in [0.5, 0.6) is 0 Å². The first-order valence-corrected chi connectivity index (χ1v) is 5.92. The van der Waals surface area contributed by atoms with Gasteiger partial charge < -0.3 is 5.11 Å². The van der Waals surface area contributed by atoms with Crippen molar-refractivity contribution in [3.63, 3.8) is 0 Å². The van der Waals surface area contributed by atoms with Gasteiger partial charge in [0.15, 0.2) is 0 Å². The summed E-state index contributed by atoms with van der Waals surface area (Å²) in [5.74, 6) is -1.09. The highest BCUT2D eigenvalue weighted by Crippen LogP contribution is 2.37. The highest BCUT2D eigenvalue weighted by Gasteiger charge is 2.23. The lowest BCUT2D eigenvalue weighted by molar-refractivity contribution is -0.381. The summed E-state index contributed by atoms with van der Waals surface area (Å²) in [7, 11) is 0. The number of carbonyl (C=O) groups is 1. The average Bonchev–Trinajstić information content (AvgIpc) is 2.43. The number of fused-ring (bicyclic) bond motifs is 2. The Kier molecular flexibility index (Phi) is 2.61. The van der Waals surface area contributed by atoms with Gasteiger partial charge in [-0.25, -0.2) is 4.79 Å². The Balaban J connectivity index is 2.69. The van der Waals surface area contributed by atoms with Crippen LogP contribution in [0.2, 0.25) is 0 Å². The van der Waals surface area contributed by atoms with E-state index in [4.69, 9.17) is 0 Å². The molecular weight excluding hydrogens is 258 g/mol. The number of carboxylic acids is 1. The first kappa shape index (κ1) is 12.1. The summed E-state index contributed by atoms with van der Waals surface area (Å²) in [5.41, 5.74) is 0.0444. The van der Waals surface area contributed by atoms with Gasteiger partial charge in [0, 0.05) is 10.8 Å². The molecule has 0 bridgehead atoms. The van der Waals surface area contributed by atoms with E-state index >= 15 is 0 Å². The van der Waals surface area contributed by atoms with E-state index < -0.39 is 10.9 Å². The second-order valence-corrected chi connectivity index (χ2v) is 4.38. The fourth-order valence-electron chi connectivity index (χ4n) is 2.53. The van der Waals surface area contributed by atoms with E-state index in [0.717, 1.165) is 0 Å². The van der Waals surface area contributed by atoms with E-state index in [1.54, 1.807) is 48.5 Å². The van der Waals surface area contributed by atoms with Crippen LogP contribution in [0.4, 0.5) is 5.69 Å². The van der Waals surface area contributed by atoms with Crippen LogP contribution in [0.3, 0.4) is 0 Å². The Morgan fingerprint density at radius 1 is 0.900 bits per heavy atom. The van der Waals surface area contributed by atoms with Gasteiger partial charge in [-0.1, -0.05) is 36.4 Å². The van der Waals surface area contributed by atoms with Crippen molar-refractivity contribution in [1.82, 2.24) is 0 Å². The Labute approximate surface area is 113 Å². The predicted octanol–water partition coefficient (Wildman–Crippen LogP) is 3.60. The van der Waals surface area contributed by atoms with Crippen molar-refractivity contribution in [3.05, 3.63) is 64.2 Å². The van der Waals surface area contributed by atoms with Crippen LogP contribution < -0.4 is 0 Å². The lowest BCUT2D eigenvalue weighted by Gasteiger charge is -2.09. The summed E-state index contributed by atoms with van der Waals surface area (Å²) in [4.78, 5) is 22.4. The highest BCUT2D eigenvalue weighted by molar-refractivity contribution is 6.20. The molecule has 0 heterocycles. The van der Waals surface area contributed by atoms with Crippen LogP contribution >= 0.6 is 0 Å². The zero-order chi connectivity index (χ0) is 14.3. The van der Waals surface area contributed by atoms with Gasteiger partial charge in [-0.05, 0) is 12.1 Å². The van der Waals surface area contributed by atoms with Crippen LogP contribution in [0.15, 0.2) is 48.5 Å². The minimum atomic E-state index is -1.09. The molecule has 98 valence electrons. The lowest BCUT2D eigenvalue weighted by Crippen LogP contribution is -2.02. The Hall–Kier alpha value is -2.95. The van der Waals surface area contributed by atoms with Gasteiger partial charge in [-0.3, -0.25) is 10.1 Å². The number of nitro groups is 1. The highest BCUT2D eigenvalue weighted by atomic mass is 16.6. The summed E-state index contributed by atoms with van der Waals surface area (Å²) in [5, 5.41) is 22.3. The number of hydrogen-bond acceptors (Lipinski definition) is 3. The van der Waals surface area contributed by atoms with E-state index in [9.17, 15) is 20.0 Å². The monoisotopic (exact) mass is 267 g/mol. The molecule has 20 heavy (non-hydrogen) atoms. The quantitative estimate of drug-likeness (QED) is 0.437. The molecular formula is C15H9NO4. The summed E-state index contributed by atoms with van der Waals surface area (Å²) < 4.78 is 0. The van der Waals surface area contributed by atoms with Gasteiger partial charge in [0.05, 0.1) is 21.3 Å². The number of carboxylic acid groups (broad SMARTS) is 1. The van der Waals surface area contributed by atoms with Gasteiger partial charge >= 0.3 is 5.97 Å². The molecule has 0 saturated heterocycles. The minimum absolute atomic E-state index is 0.0544. The molecule has 3 rings (SSSR count). The van der Waals surface area contributed by atoms with Crippen molar-refractivity contribution in [2.75, 3.05) is 0 Å². The number of nitrogens with zero attached hydrogens (tertiary/aromatic N) is 1. The van der Waals surface area contributed by atoms with Crippen molar-refractivity contribution >= 4 is 33.2 Å². The van der Waals surface area contributed by atoms with Gasteiger partial charge in [0.25, 0.3) is 5.69 Å². The standard InChI is InChI=1S/C15H9NO4/c17-15(18)13-9-5-1-3-7-11(9)14(16(19)20)12-8-4-2-6-10(12)13/h1-8H,(H,17,18). The van der Waals surface area contributed by atoms with Crippen LogP contribution in [0.1, 0.15) is 10.4 Å². The summed E-state index contributed by atoms with van der Waals surface area (Å²) in [6, 6.07) is 13.0. The molecule has 0 aliphatic heterocycles. The normalized spacial score (nSPS) is 10.8. The summed E-state index contributed by atoms with van der Waals surface area (Å²) in [6.07, 6.45) is 0. The summed E-state index contributed by atoms with van der Waals surface area (Å²) >= 11 is 0. The van der Waals surface area contributed by atoms with Crippen molar-refractivity contribution in [1.29, 1.82) is 0 Å². The summed E-state index contributed by atoms with van der Waals surface area (Å²) in [6.45, 7) is 0. The molecule has 3 aromatic carbocycles. The maximum absolute atomic E-state index is 11.5. The molecule has 0 aliphatic carbocycles. The maximum atomic E-state index is 11.5. The lowest BCUT2D eigenvalue weighted by atomic mass is 9.95. The predicted molar refractivity (Wildman–Crippen MR) is 75.1 cm³/mol. The zero-order valence-electron chi connectivity index (χ0n) is 10.2. The molecule has 0 radical (unpaired) electrons. The number of hydrogen-bond donors (Lipinski definition) is 1. The van der Waals surface area contributed by atoms with E-state index in [1.807, 2.05) is 0 Å². The van der Waals surface area contributed by atoms with Gasteiger partial charge in [0.2, 0.25) is 0 Å².